The predicted molar refractivity (Wildman–Crippen MR) is 63.0 cm³/mol. The van der Waals surface area contributed by atoms with Crippen LogP contribution in [0.3, 0.4) is 0 Å². The lowest BCUT2D eigenvalue weighted by Gasteiger charge is -2.18. The summed E-state index contributed by atoms with van der Waals surface area (Å²) in [6, 6.07) is -0.845. The Labute approximate surface area is 96.8 Å². The summed E-state index contributed by atoms with van der Waals surface area (Å²) in [4.78, 5) is 11.0. The monoisotopic (exact) mass is 251 g/mol. The molecule has 0 fully saturated rings. The molecular weight excluding hydrogens is 230 g/mol. The minimum absolute atomic E-state index is 0.0271. The van der Waals surface area contributed by atoms with Crippen LogP contribution in [0.4, 0.5) is 0 Å². The lowest BCUT2D eigenvalue weighted by atomic mass is 10.1. The number of carbonyl (C=O) groups excluding carboxylic acids is 1. The van der Waals surface area contributed by atoms with Crippen molar-refractivity contribution in [1.82, 2.24) is 4.72 Å². The van der Waals surface area contributed by atoms with Gasteiger partial charge in [-0.3, -0.25) is 4.79 Å². The molecule has 0 aliphatic rings. The number of carbonyl (C=O) groups is 1. The van der Waals surface area contributed by atoms with Gasteiger partial charge in [-0.1, -0.05) is 13.8 Å². The number of sulfonamides is 1. The molecule has 0 aliphatic heterocycles. The average Bonchev–Trinajstić information content (AvgIpc) is 2.13. The fraction of sp³-hybridized carbons (Fsp3) is 0.889. The summed E-state index contributed by atoms with van der Waals surface area (Å²) in [6.45, 7) is 3.93. The Morgan fingerprint density at radius 2 is 1.88 bits per heavy atom. The van der Waals surface area contributed by atoms with Gasteiger partial charge in [0.2, 0.25) is 15.9 Å². The van der Waals surface area contributed by atoms with Crippen molar-refractivity contribution in [3.05, 3.63) is 0 Å². The van der Waals surface area contributed by atoms with Crippen molar-refractivity contribution in [1.29, 1.82) is 0 Å². The molecule has 0 aromatic rings. The van der Waals surface area contributed by atoms with E-state index in [1.54, 1.807) is 13.8 Å². The summed E-state index contributed by atoms with van der Waals surface area (Å²) in [5.74, 6) is -0.847. The molecule has 96 valence electrons. The van der Waals surface area contributed by atoms with Crippen LogP contribution in [0.1, 0.15) is 26.7 Å². The van der Waals surface area contributed by atoms with Gasteiger partial charge < -0.3 is 11.5 Å². The summed E-state index contributed by atoms with van der Waals surface area (Å²) in [5, 5.41) is 0. The van der Waals surface area contributed by atoms with E-state index in [0.717, 1.165) is 0 Å². The first-order valence-electron chi connectivity index (χ1n) is 5.29. The molecule has 1 amide bonds. The maximum absolute atomic E-state index is 11.6. The first-order valence-corrected chi connectivity index (χ1v) is 6.94. The molecule has 0 radical (unpaired) electrons. The zero-order valence-electron chi connectivity index (χ0n) is 9.77. The van der Waals surface area contributed by atoms with Gasteiger partial charge in [0.15, 0.2) is 0 Å². The van der Waals surface area contributed by atoms with Gasteiger partial charge in [-0.15, -0.1) is 0 Å². The van der Waals surface area contributed by atoms with Crippen molar-refractivity contribution < 1.29 is 13.2 Å². The number of nitrogens with two attached hydrogens (primary N) is 2. The third-order valence-corrected chi connectivity index (χ3v) is 3.59. The SMILES string of the molecule is CC(C)C(NS(=O)(=O)CCCCN)C(N)=O. The van der Waals surface area contributed by atoms with Gasteiger partial charge in [-0.2, -0.15) is 0 Å². The quantitative estimate of drug-likeness (QED) is 0.487. The maximum Gasteiger partial charge on any atom is 0.235 e. The molecule has 1 unspecified atom stereocenters. The van der Waals surface area contributed by atoms with Crippen molar-refractivity contribution in [2.24, 2.45) is 17.4 Å². The van der Waals surface area contributed by atoms with Gasteiger partial charge in [-0.05, 0) is 25.3 Å². The molecule has 0 aliphatic carbocycles. The standard InChI is InChI=1S/C9H21N3O3S/c1-7(2)8(9(11)13)12-16(14,15)6-4-3-5-10/h7-8,12H,3-6,10H2,1-2H3,(H2,11,13). The molecule has 0 heterocycles. The predicted octanol–water partition coefficient (Wildman–Crippen LogP) is -0.845. The van der Waals surface area contributed by atoms with Crippen LogP contribution < -0.4 is 16.2 Å². The van der Waals surface area contributed by atoms with Crippen LogP contribution in [0.5, 0.6) is 0 Å². The highest BCUT2D eigenvalue weighted by molar-refractivity contribution is 7.89. The van der Waals surface area contributed by atoms with Crippen LogP contribution in [0.2, 0.25) is 0 Å². The highest BCUT2D eigenvalue weighted by Gasteiger charge is 2.24. The molecule has 0 bridgehead atoms. The minimum atomic E-state index is -3.45. The lowest BCUT2D eigenvalue weighted by Crippen LogP contribution is -2.48. The molecular formula is C9H21N3O3S. The van der Waals surface area contributed by atoms with E-state index < -0.39 is 22.0 Å². The number of amides is 1. The normalized spacial score (nSPS) is 14.0. The van der Waals surface area contributed by atoms with Gasteiger partial charge in [0, 0.05) is 0 Å². The van der Waals surface area contributed by atoms with E-state index in [4.69, 9.17) is 11.5 Å². The van der Waals surface area contributed by atoms with Gasteiger partial charge in [0.05, 0.1) is 5.75 Å². The topological polar surface area (TPSA) is 115 Å². The molecule has 0 saturated heterocycles. The Bertz CT molecular complexity index is 314. The molecule has 7 heteroatoms. The third-order valence-electron chi connectivity index (χ3n) is 2.15. The highest BCUT2D eigenvalue weighted by atomic mass is 32.2. The van der Waals surface area contributed by atoms with Gasteiger partial charge in [-0.25, -0.2) is 13.1 Å². The van der Waals surface area contributed by atoms with Crippen LogP contribution in [0.25, 0.3) is 0 Å². The third kappa shape index (κ3) is 6.04. The summed E-state index contributed by atoms with van der Waals surface area (Å²) in [7, 11) is -3.45. The minimum Gasteiger partial charge on any atom is -0.368 e. The fourth-order valence-corrected chi connectivity index (χ4v) is 2.69. The van der Waals surface area contributed by atoms with E-state index in [2.05, 4.69) is 4.72 Å². The second kappa shape index (κ2) is 6.82. The van der Waals surface area contributed by atoms with E-state index >= 15 is 0 Å². The smallest absolute Gasteiger partial charge is 0.235 e. The van der Waals surface area contributed by atoms with Gasteiger partial charge in [0.1, 0.15) is 6.04 Å². The van der Waals surface area contributed by atoms with Crippen LogP contribution in [0.15, 0.2) is 0 Å². The fourth-order valence-electron chi connectivity index (χ4n) is 1.21. The van der Waals surface area contributed by atoms with E-state index in [-0.39, 0.29) is 11.7 Å². The van der Waals surface area contributed by atoms with Crippen LogP contribution in [-0.2, 0) is 14.8 Å². The Hall–Kier alpha value is -0.660. The summed E-state index contributed by atoms with van der Waals surface area (Å²) < 4.78 is 25.4. The van der Waals surface area contributed by atoms with Gasteiger partial charge in [0.25, 0.3) is 0 Å². The van der Waals surface area contributed by atoms with Crippen LogP contribution in [-0.4, -0.2) is 32.7 Å². The Balaban J connectivity index is 4.37. The molecule has 16 heavy (non-hydrogen) atoms. The molecule has 0 aromatic heterocycles. The van der Waals surface area contributed by atoms with E-state index in [9.17, 15) is 13.2 Å². The van der Waals surface area contributed by atoms with Crippen molar-refractivity contribution >= 4 is 15.9 Å². The molecule has 0 aromatic carbocycles. The summed E-state index contributed by atoms with van der Waals surface area (Å²) in [5.41, 5.74) is 10.4. The maximum atomic E-state index is 11.6. The van der Waals surface area contributed by atoms with E-state index in [0.29, 0.717) is 19.4 Å². The highest BCUT2D eigenvalue weighted by Crippen LogP contribution is 2.04. The number of hydrogen-bond donors (Lipinski definition) is 3. The summed E-state index contributed by atoms with van der Waals surface area (Å²) >= 11 is 0. The van der Waals surface area contributed by atoms with E-state index in [1.807, 2.05) is 0 Å². The zero-order chi connectivity index (χ0) is 12.8. The molecule has 1 atom stereocenters. The first-order chi connectivity index (χ1) is 7.30. The van der Waals surface area contributed by atoms with Crippen molar-refractivity contribution in [3.8, 4) is 0 Å². The number of hydrogen-bond acceptors (Lipinski definition) is 4. The molecule has 0 saturated carbocycles. The Morgan fingerprint density at radius 1 is 1.31 bits per heavy atom. The number of primary amides is 1. The number of nitrogens with one attached hydrogen (secondary N) is 1. The number of unbranched alkanes of at least 4 members (excludes halogenated alkanes) is 1. The second-order valence-electron chi connectivity index (χ2n) is 4.06. The van der Waals surface area contributed by atoms with Gasteiger partial charge >= 0.3 is 0 Å². The molecule has 0 rings (SSSR count). The van der Waals surface area contributed by atoms with Crippen LogP contribution >= 0.6 is 0 Å². The zero-order valence-corrected chi connectivity index (χ0v) is 10.6. The average molecular weight is 251 g/mol. The lowest BCUT2D eigenvalue weighted by molar-refractivity contribution is -0.120. The van der Waals surface area contributed by atoms with Crippen LogP contribution in [0, 0.1) is 5.92 Å². The molecule has 5 N–H and O–H groups in total. The first kappa shape index (κ1) is 15.3. The Kier molecular flexibility index (Phi) is 6.54. The second-order valence-corrected chi connectivity index (χ2v) is 5.93. The molecule has 6 nitrogen and oxygen atoms in total. The molecule has 0 spiro atoms. The van der Waals surface area contributed by atoms with Crippen molar-refractivity contribution in [2.75, 3.05) is 12.3 Å². The Morgan fingerprint density at radius 3 is 2.25 bits per heavy atom. The van der Waals surface area contributed by atoms with Crippen molar-refractivity contribution in [3.63, 3.8) is 0 Å². The largest absolute Gasteiger partial charge is 0.368 e. The van der Waals surface area contributed by atoms with Crippen molar-refractivity contribution in [2.45, 2.75) is 32.7 Å². The summed E-state index contributed by atoms with van der Waals surface area (Å²) in [6.07, 6.45) is 1.12. The number of rotatable bonds is 8. The van der Waals surface area contributed by atoms with E-state index in [1.165, 1.54) is 0 Å².